The highest BCUT2D eigenvalue weighted by Crippen LogP contribution is 2.29. The van der Waals surface area contributed by atoms with Crippen molar-refractivity contribution in [2.75, 3.05) is 26.2 Å². The Morgan fingerprint density at radius 3 is 2.47 bits per heavy atom. The topological polar surface area (TPSA) is 74.3 Å². The summed E-state index contributed by atoms with van der Waals surface area (Å²) in [5, 5.41) is 17.2. The number of benzene rings is 2. The van der Waals surface area contributed by atoms with E-state index < -0.39 is 0 Å². The monoisotopic (exact) mass is 499 g/mol. The van der Waals surface area contributed by atoms with Crippen LogP contribution in [0.5, 0.6) is 5.75 Å². The van der Waals surface area contributed by atoms with E-state index in [9.17, 15) is 10.0 Å². The number of ether oxygens (including phenoxy) is 1. The SMILES string of the molecule is O=C(NCC1CC[N+]([O-])(c2ccncc2)CC1)c1ccc(Cl)c(OCCc2ccc(Cl)cc2)c1. The number of rotatable bonds is 8. The molecule has 0 unspecified atom stereocenters. The predicted octanol–water partition coefficient (Wildman–Crippen LogP) is 5.66. The molecule has 2 aromatic carbocycles. The number of nitrogens with zero attached hydrogens (tertiary/aromatic N) is 2. The van der Waals surface area contributed by atoms with Crippen molar-refractivity contribution in [3.8, 4) is 5.75 Å². The number of halogens is 2. The Balaban J connectivity index is 1.27. The summed E-state index contributed by atoms with van der Waals surface area (Å²) in [4.78, 5) is 16.7. The summed E-state index contributed by atoms with van der Waals surface area (Å²) in [7, 11) is 0. The molecule has 8 heteroatoms. The molecule has 1 amide bonds. The highest BCUT2D eigenvalue weighted by molar-refractivity contribution is 6.32. The molecule has 1 aliphatic heterocycles. The molecule has 4 rings (SSSR count). The first kappa shape index (κ1) is 24.5. The van der Waals surface area contributed by atoms with Crippen LogP contribution in [0.3, 0.4) is 0 Å². The van der Waals surface area contributed by atoms with Crippen molar-refractivity contribution in [1.29, 1.82) is 0 Å². The van der Waals surface area contributed by atoms with Crippen LogP contribution in [0.4, 0.5) is 5.69 Å². The third-order valence-electron chi connectivity index (χ3n) is 6.24. The summed E-state index contributed by atoms with van der Waals surface area (Å²) in [5.74, 6) is 0.571. The van der Waals surface area contributed by atoms with Gasteiger partial charge in [-0.15, -0.1) is 0 Å². The molecule has 1 N–H and O–H groups in total. The predicted molar refractivity (Wildman–Crippen MR) is 136 cm³/mol. The van der Waals surface area contributed by atoms with E-state index >= 15 is 0 Å². The van der Waals surface area contributed by atoms with Gasteiger partial charge >= 0.3 is 0 Å². The van der Waals surface area contributed by atoms with Gasteiger partial charge in [-0.2, -0.15) is 0 Å². The minimum atomic E-state index is -0.332. The molecule has 34 heavy (non-hydrogen) atoms. The average Bonchev–Trinajstić information content (AvgIpc) is 2.86. The average molecular weight is 500 g/mol. The first-order valence-corrected chi connectivity index (χ1v) is 12.1. The summed E-state index contributed by atoms with van der Waals surface area (Å²) < 4.78 is 5.50. The quantitative estimate of drug-likeness (QED) is 0.320. The number of hydrogen-bond donors (Lipinski definition) is 1. The minimum absolute atomic E-state index is 0.179. The Bertz CT molecular complexity index is 1100. The molecule has 178 valence electrons. The van der Waals surface area contributed by atoms with Crippen molar-refractivity contribution in [3.63, 3.8) is 0 Å². The summed E-state index contributed by atoms with van der Waals surface area (Å²) in [6, 6.07) is 16.2. The number of hydroxylamine groups is 2. The number of carbonyl (C=O) groups excluding carboxylic acids is 1. The zero-order valence-electron chi connectivity index (χ0n) is 18.8. The van der Waals surface area contributed by atoms with Crippen molar-refractivity contribution < 1.29 is 9.53 Å². The van der Waals surface area contributed by atoms with Crippen molar-refractivity contribution in [3.05, 3.63) is 93.4 Å². The van der Waals surface area contributed by atoms with Gasteiger partial charge in [0.15, 0.2) is 0 Å². The molecular formula is C26H27Cl2N3O3. The largest absolute Gasteiger partial charge is 0.627 e. The molecule has 1 fully saturated rings. The van der Waals surface area contributed by atoms with Crippen LogP contribution in [0.2, 0.25) is 10.0 Å². The van der Waals surface area contributed by atoms with Gasteiger partial charge in [0, 0.05) is 60.9 Å². The first-order chi connectivity index (χ1) is 16.4. The van der Waals surface area contributed by atoms with Gasteiger partial charge in [-0.05, 0) is 41.8 Å². The molecule has 1 saturated heterocycles. The lowest BCUT2D eigenvalue weighted by Gasteiger charge is -2.46. The minimum Gasteiger partial charge on any atom is -0.627 e. The van der Waals surface area contributed by atoms with Crippen molar-refractivity contribution in [1.82, 2.24) is 14.9 Å². The van der Waals surface area contributed by atoms with Gasteiger partial charge in [0.1, 0.15) is 11.4 Å². The fraction of sp³-hybridized carbons (Fsp3) is 0.308. The Kier molecular flexibility index (Phi) is 8.06. The molecule has 0 radical (unpaired) electrons. The molecule has 0 saturated carbocycles. The Morgan fingerprint density at radius 1 is 1.06 bits per heavy atom. The van der Waals surface area contributed by atoms with Gasteiger partial charge in [-0.3, -0.25) is 9.78 Å². The van der Waals surface area contributed by atoms with Crippen LogP contribution < -0.4 is 14.7 Å². The highest BCUT2D eigenvalue weighted by Gasteiger charge is 2.29. The molecule has 0 bridgehead atoms. The van der Waals surface area contributed by atoms with Crippen LogP contribution in [0, 0.1) is 11.1 Å². The molecule has 1 aliphatic rings. The molecule has 6 nitrogen and oxygen atoms in total. The molecular weight excluding hydrogens is 473 g/mol. The summed E-state index contributed by atoms with van der Waals surface area (Å²) >= 11 is 12.2. The second kappa shape index (κ2) is 11.2. The van der Waals surface area contributed by atoms with E-state index in [4.69, 9.17) is 27.9 Å². The van der Waals surface area contributed by atoms with Gasteiger partial charge < -0.3 is 19.9 Å². The van der Waals surface area contributed by atoms with Crippen LogP contribution in [-0.2, 0) is 6.42 Å². The fourth-order valence-corrected chi connectivity index (χ4v) is 4.44. The highest BCUT2D eigenvalue weighted by atomic mass is 35.5. The van der Waals surface area contributed by atoms with Gasteiger partial charge in [-0.25, -0.2) is 0 Å². The van der Waals surface area contributed by atoms with E-state index in [1.54, 1.807) is 42.7 Å². The number of nitrogens with one attached hydrogen (secondary N) is 1. The number of pyridine rings is 1. The number of carbonyl (C=O) groups is 1. The summed E-state index contributed by atoms with van der Waals surface area (Å²) in [6.45, 7) is 1.96. The maximum atomic E-state index is 13.1. The number of aromatic nitrogens is 1. The van der Waals surface area contributed by atoms with E-state index in [1.807, 2.05) is 24.3 Å². The molecule has 3 aromatic rings. The third kappa shape index (κ3) is 6.27. The molecule has 0 atom stereocenters. The molecule has 1 aromatic heterocycles. The fourth-order valence-electron chi connectivity index (χ4n) is 4.14. The lowest BCUT2D eigenvalue weighted by atomic mass is 9.95. The van der Waals surface area contributed by atoms with Gasteiger partial charge in [-0.1, -0.05) is 35.3 Å². The van der Waals surface area contributed by atoms with Crippen molar-refractivity contribution in [2.45, 2.75) is 19.3 Å². The maximum Gasteiger partial charge on any atom is 0.251 e. The second-order valence-electron chi connectivity index (χ2n) is 8.57. The Labute approximate surface area is 209 Å². The van der Waals surface area contributed by atoms with E-state index in [0.717, 1.165) is 24.1 Å². The zero-order chi connectivity index (χ0) is 24.0. The smallest absolute Gasteiger partial charge is 0.251 e. The number of piperidine rings is 1. The van der Waals surface area contributed by atoms with Crippen LogP contribution in [0.25, 0.3) is 0 Å². The number of quaternary nitrogens is 1. The molecule has 0 spiro atoms. The van der Waals surface area contributed by atoms with E-state index in [1.165, 1.54) is 0 Å². The van der Waals surface area contributed by atoms with Crippen LogP contribution in [0.1, 0.15) is 28.8 Å². The van der Waals surface area contributed by atoms with Crippen molar-refractivity contribution >= 4 is 34.8 Å². The Morgan fingerprint density at radius 2 is 1.76 bits per heavy atom. The van der Waals surface area contributed by atoms with Crippen LogP contribution in [0.15, 0.2) is 67.0 Å². The van der Waals surface area contributed by atoms with E-state index in [2.05, 4.69) is 10.3 Å². The first-order valence-electron chi connectivity index (χ1n) is 11.4. The van der Waals surface area contributed by atoms with Gasteiger partial charge in [0.2, 0.25) is 0 Å². The lowest BCUT2D eigenvalue weighted by molar-refractivity contribution is 0.0940. The summed E-state index contributed by atoms with van der Waals surface area (Å²) in [5.41, 5.74) is 2.33. The van der Waals surface area contributed by atoms with E-state index in [-0.39, 0.29) is 16.5 Å². The number of amides is 1. The molecule has 2 heterocycles. The van der Waals surface area contributed by atoms with Crippen LogP contribution in [-0.4, -0.2) is 37.1 Å². The second-order valence-corrected chi connectivity index (χ2v) is 9.41. The van der Waals surface area contributed by atoms with Crippen LogP contribution >= 0.6 is 23.2 Å². The Hall–Kier alpha value is -2.64. The van der Waals surface area contributed by atoms with Gasteiger partial charge in [0.25, 0.3) is 5.91 Å². The normalized spacial score (nSPS) is 20.0. The molecule has 0 aliphatic carbocycles. The maximum absolute atomic E-state index is 13.1. The lowest BCUT2D eigenvalue weighted by Crippen LogP contribution is -2.50. The van der Waals surface area contributed by atoms with E-state index in [0.29, 0.717) is 54.0 Å². The zero-order valence-corrected chi connectivity index (χ0v) is 20.3. The summed E-state index contributed by atoms with van der Waals surface area (Å²) in [6.07, 6.45) is 5.52. The van der Waals surface area contributed by atoms with Gasteiger partial charge in [0.05, 0.1) is 24.7 Å². The standard InChI is InChI=1S/C26H27Cl2N3O3/c27-22-4-1-19(2-5-22)11-16-34-25-17-21(3-6-24(25)28)26(32)30-18-20-9-14-31(33,15-10-20)23-7-12-29-13-8-23/h1-8,12-13,17,20H,9-11,14-16,18H2,(H,30,32). The van der Waals surface area contributed by atoms with Crippen molar-refractivity contribution in [2.24, 2.45) is 5.92 Å². The number of hydrogen-bond acceptors (Lipinski definition) is 4. The third-order valence-corrected chi connectivity index (χ3v) is 6.80.